The molecule has 0 aromatic carbocycles. The summed E-state index contributed by atoms with van der Waals surface area (Å²) in [5.41, 5.74) is 0. The second kappa shape index (κ2) is 6.51. The predicted octanol–water partition coefficient (Wildman–Crippen LogP) is 2.03. The first-order valence-electron chi connectivity index (χ1n) is 6.16. The smallest absolute Gasteiger partial charge is 0.303 e. The Kier molecular flexibility index (Phi) is 5.29. The molecule has 1 aliphatic rings. The maximum Gasteiger partial charge on any atom is 0.303 e. The molecule has 0 saturated heterocycles. The van der Waals surface area contributed by atoms with E-state index < -0.39 is 5.97 Å². The molecular formula is C12H21NO3. The van der Waals surface area contributed by atoms with Gasteiger partial charge in [0.25, 0.3) is 0 Å². The van der Waals surface area contributed by atoms with Crippen molar-refractivity contribution in [2.24, 2.45) is 0 Å². The van der Waals surface area contributed by atoms with E-state index in [0.29, 0.717) is 12.6 Å². The molecule has 1 fully saturated rings. The second-order valence-corrected chi connectivity index (χ2v) is 4.37. The third-order valence-corrected chi connectivity index (χ3v) is 3.23. The summed E-state index contributed by atoms with van der Waals surface area (Å²) in [5.74, 6) is -0.898. The summed E-state index contributed by atoms with van der Waals surface area (Å²) in [6, 6.07) is 0.347. The zero-order valence-electron chi connectivity index (χ0n) is 9.95. The summed E-state index contributed by atoms with van der Waals surface area (Å²) < 4.78 is 0. The van der Waals surface area contributed by atoms with E-state index in [9.17, 15) is 9.59 Å². The molecular weight excluding hydrogens is 206 g/mol. The highest BCUT2D eigenvalue weighted by atomic mass is 16.4. The molecule has 16 heavy (non-hydrogen) atoms. The Balaban J connectivity index is 2.44. The van der Waals surface area contributed by atoms with Crippen molar-refractivity contribution in [1.82, 2.24) is 4.90 Å². The Bertz CT molecular complexity index is 247. The molecule has 1 saturated carbocycles. The molecule has 0 aromatic heterocycles. The van der Waals surface area contributed by atoms with Gasteiger partial charge in [0.15, 0.2) is 0 Å². The number of amides is 1. The standard InChI is InChI=1S/C12H21NO3/c1-2-13(10-6-4-3-5-7-10)11(14)8-9-12(15)16/h10H,2-9H2,1H3,(H,15,16). The summed E-state index contributed by atoms with van der Waals surface area (Å²) in [6.07, 6.45) is 5.87. The lowest BCUT2D eigenvalue weighted by Crippen LogP contribution is -2.41. The Morgan fingerprint density at radius 1 is 1.19 bits per heavy atom. The average Bonchev–Trinajstić information content (AvgIpc) is 2.29. The molecule has 0 aromatic rings. The zero-order chi connectivity index (χ0) is 12.0. The largest absolute Gasteiger partial charge is 0.481 e. The summed E-state index contributed by atoms with van der Waals surface area (Å²) >= 11 is 0. The highest BCUT2D eigenvalue weighted by molar-refractivity contribution is 5.80. The van der Waals surface area contributed by atoms with Crippen LogP contribution in [0.25, 0.3) is 0 Å². The fourth-order valence-corrected chi connectivity index (χ4v) is 2.39. The van der Waals surface area contributed by atoms with Crippen LogP contribution in [0.4, 0.5) is 0 Å². The van der Waals surface area contributed by atoms with Gasteiger partial charge in [0.2, 0.25) is 5.91 Å². The van der Waals surface area contributed by atoms with E-state index in [0.717, 1.165) is 12.8 Å². The van der Waals surface area contributed by atoms with E-state index in [1.54, 1.807) is 0 Å². The lowest BCUT2D eigenvalue weighted by atomic mass is 9.94. The monoisotopic (exact) mass is 227 g/mol. The SMILES string of the molecule is CCN(C(=O)CCC(=O)O)C1CCCCC1. The molecule has 1 amide bonds. The van der Waals surface area contributed by atoms with E-state index in [2.05, 4.69) is 0 Å². The molecule has 92 valence electrons. The first-order chi connectivity index (χ1) is 7.65. The van der Waals surface area contributed by atoms with Crippen molar-refractivity contribution in [2.45, 2.75) is 57.9 Å². The van der Waals surface area contributed by atoms with Gasteiger partial charge in [-0.25, -0.2) is 0 Å². The first kappa shape index (κ1) is 13.0. The molecule has 0 aliphatic heterocycles. The number of hydrogen-bond acceptors (Lipinski definition) is 2. The van der Waals surface area contributed by atoms with Crippen LogP contribution in [-0.4, -0.2) is 34.5 Å². The van der Waals surface area contributed by atoms with Gasteiger partial charge < -0.3 is 10.0 Å². The number of nitrogens with zero attached hydrogens (tertiary/aromatic N) is 1. The van der Waals surface area contributed by atoms with Crippen molar-refractivity contribution in [2.75, 3.05) is 6.54 Å². The number of aliphatic carboxylic acids is 1. The zero-order valence-corrected chi connectivity index (χ0v) is 9.95. The molecule has 1 aliphatic carbocycles. The third-order valence-electron chi connectivity index (χ3n) is 3.23. The molecule has 0 bridgehead atoms. The van der Waals surface area contributed by atoms with Crippen molar-refractivity contribution < 1.29 is 14.7 Å². The van der Waals surface area contributed by atoms with Gasteiger partial charge >= 0.3 is 5.97 Å². The van der Waals surface area contributed by atoms with Gasteiger partial charge in [-0.1, -0.05) is 19.3 Å². The van der Waals surface area contributed by atoms with Crippen LogP contribution in [0, 0.1) is 0 Å². The molecule has 0 atom stereocenters. The molecule has 1 N–H and O–H groups in total. The van der Waals surface area contributed by atoms with Crippen LogP contribution in [0.15, 0.2) is 0 Å². The number of carbonyl (C=O) groups is 2. The molecule has 1 rings (SSSR count). The number of hydrogen-bond donors (Lipinski definition) is 1. The van der Waals surface area contributed by atoms with E-state index in [-0.39, 0.29) is 18.7 Å². The molecule has 4 heteroatoms. The predicted molar refractivity (Wildman–Crippen MR) is 61.1 cm³/mol. The molecule has 0 heterocycles. The summed E-state index contributed by atoms with van der Waals surface area (Å²) in [6.45, 7) is 2.66. The second-order valence-electron chi connectivity index (χ2n) is 4.37. The van der Waals surface area contributed by atoms with E-state index >= 15 is 0 Å². The van der Waals surface area contributed by atoms with Crippen LogP contribution in [0.3, 0.4) is 0 Å². The van der Waals surface area contributed by atoms with Crippen molar-refractivity contribution in [3.05, 3.63) is 0 Å². The Morgan fingerprint density at radius 2 is 1.81 bits per heavy atom. The van der Waals surface area contributed by atoms with Gasteiger partial charge in [-0.15, -0.1) is 0 Å². The van der Waals surface area contributed by atoms with Gasteiger partial charge in [0.1, 0.15) is 0 Å². The lowest BCUT2D eigenvalue weighted by Gasteiger charge is -2.33. The van der Waals surface area contributed by atoms with Gasteiger partial charge in [-0.2, -0.15) is 0 Å². The summed E-state index contributed by atoms with van der Waals surface area (Å²) in [5, 5.41) is 8.56. The highest BCUT2D eigenvalue weighted by Gasteiger charge is 2.23. The van der Waals surface area contributed by atoms with Crippen LogP contribution >= 0.6 is 0 Å². The minimum Gasteiger partial charge on any atom is -0.481 e. The molecule has 4 nitrogen and oxygen atoms in total. The lowest BCUT2D eigenvalue weighted by molar-refractivity contribution is -0.141. The van der Waals surface area contributed by atoms with Gasteiger partial charge in [0, 0.05) is 19.0 Å². The van der Waals surface area contributed by atoms with Gasteiger partial charge in [-0.3, -0.25) is 9.59 Å². The maximum absolute atomic E-state index is 11.8. The maximum atomic E-state index is 11.8. The van der Waals surface area contributed by atoms with Gasteiger partial charge in [-0.05, 0) is 19.8 Å². The van der Waals surface area contributed by atoms with Crippen molar-refractivity contribution >= 4 is 11.9 Å². The number of carbonyl (C=O) groups excluding carboxylic acids is 1. The van der Waals surface area contributed by atoms with Crippen LogP contribution in [0.2, 0.25) is 0 Å². The first-order valence-corrected chi connectivity index (χ1v) is 6.16. The quantitative estimate of drug-likeness (QED) is 0.781. The summed E-state index contributed by atoms with van der Waals surface area (Å²) in [7, 11) is 0. The van der Waals surface area contributed by atoms with Crippen LogP contribution in [-0.2, 0) is 9.59 Å². The number of rotatable bonds is 5. The minimum atomic E-state index is -0.895. The Morgan fingerprint density at radius 3 is 2.31 bits per heavy atom. The van der Waals surface area contributed by atoms with Crippen LogP contribution in [0.5, 0.6) is 0 Å². The fourth-order valence-electron chi connectivity index (χ4n) is 2.39. The van der Waals surface area contributed by atoms with Crippen LogP contribution in [0.1, 0.15) is 51.9 Å². The molecule has 0 radical (unpaired) electrons. The number of carboxylic acid groups (broad SMARTS) is 1. The fraction of sp³-hybridized carbons (Fsp3) is 0.833. The third kappa shape index (κ3) is 3.83. The number of carboxylic acids is 1. The van der Waals surface area contributed by atoms with Crippen molar-refractivity contribution in [3.63, 3.8) is 0 Å². The van der Waals surface area contributed by atoms with Crippen molar-refractivity contribution in [3.8, 4) is 0 Å². The molecule has 0 unspecified atom stereocenters. The van der Waals surface area contributed by atoms with Gasteiger partial charge in [0.05, 0.1) is 6.42 Å². The van der Waals surface area contributed by atoms with E-state index in [1.165, 1.54) is 19.3 Å². The Labute approximate surface area is 96.6 Å². The van der Waals surface area contributed by atoms with E-state index in [4.69, 9.17) is 5.11 Å². The topological polar surface area (TPSA) is 57.6 Å². The Hall–Kier alpha value is -1.06. The summed E-state index contributed by atoms with van der Waals surface area (Å²) in [4.78, 5) is 24.1. The average molecular weight is 227 g/mol. The van der Waals surface area contributed by atoms with Crippen LogP contribution < -0.4 is 0 Å². The normalized spacial score (nSPS) is 17.1. The minimum absolute atomic E-state index is 0.00296. The van der Waals surface area contributed by atoms with E-state index in [1.807, 2.05) is 11.8 Å². The highest BCUT2D eigenvalue weighted by Crippen LogP contribution is 2.23. The molecule has 0 spiro atoms. The van der Waals surface area contributed by atoms with Crippen molar-refractivity contribution in [1.29, 1.82) is 0 Å².